The maximum Gasteiger partial charge on any atom is 0.161 e. The minimum absolute atomic E-state index is 0.376. The van der Waals surface area contributed by atoms with Crippen molar-refractivity contribution in [1.29, 1.82) is 0 Å². The van der Waals surface area contributed by atoms with Crippen LogP contribution in [0, 0.1) is 9.49 Å². The summed E-state index contributed by atoms with van der Waals surface area (Å²) in [6.07, 6.45) is 0. The molecule has 2 nitrogen and oxygen atoms in total. The maximum atomic E-state index is 6.18. The summed E-state index contributed by atoms with van der Waals surface area (Å²) in [5.74, 6) is 1.74. The SMILES string of the molecule is CC1CSC(Nc2ccc(I)cc2Cl)=NC1C. The number of amidine groups is 1. The lowest BCUT2D eigenvalue weighted by atomic mass is 10.1. The van der Waals surface area contributed by atoms with Crippen LogP contribution in [0.25, 0.3) is 0 Å². The quantitative estimate of drug-likeness (QED) is 0.726. The number of nitrogens with one attached hydrogen (secondary N) is 1. The van der Waals surface area contributed by atoms with E-state index in [0.29, 0.717) is 12.0 Å². The highest BCUT2D eigenvalue weighted by atomic mass is 127. The van der Waals surface area contributed by atoms with E-state index in [1.807, 2.05) is 18.2 Å². The fourth-order valence-electron chi connectivity index (χ4n) is 1.47. The van der Waals surface area contributed by atoms with E-state index in [9.17, 15) is 0 Å². The molecule has 1 aromatic carbocycles. The zero-order valence-corrected chi connectivity index (χ0v) is 13.4. The third-order valence-corrected chi connectivity index (χ3v) is 4.96. The van der Waals surface area contributed by atoms with Gasteiger partial charge < -0.3 is 5.32 Å². The molecule has 1 heterocycles. The van der Waals surface area contributed by atoms with Crippen LogP contribution < -0.4 is 5.32 Å². The molecule has 0 spiro atoms. The number of thioether (sulfide) groups is 1. The Labute approximate surface area is 125 Å². The minimum Gasteiger partial charge on any atom is -0.334 e. The Kier molecular flexibility index (Phi) is 4.60. The van der Waals surface area contributed by atoms with E-state index in [1.54, 1.807) is 11.8 Å². The summed E-state index contributed by atoms with van der Waals surface area (Å²) in [5, 5.41) is 5.02. The number of hydrogen-bond acceptors (Lipinski definition) is 3. The molecular formula is C12H14ClIN2S. The third-order valence-electron chi connectivity index (χ3n) is 2.80. The molecule has 0 amide bonds. The highest BCUT2D eigenvalue weighted by Crippen LogP contribution is 2.28. The molecule has 0 radical (unpaired) electrons. The van der Waals surface area contributed by atoms with Crippen molar-refractivity contribution in [2.75, 3.05) is 11.1 Å². The fourth-order valence-corrected chi connectivity index (χ4v) is 3.50. The molecule has 1 aromatic rings. The largest absolute Gasteiger partial charge is 0.334 e. The number of aliphatic imine (C=N–C) groups is 1. The van der Waals surface area contributed by atoms with Crippen molar-refractivity contribution in [1.82, 2.24) is 0 Å². The van der Waals surface area contributed by atoms with Gasteiger partial charge in [-0.3, -0.25) is 4.99 Å². The molecule has 0 aliphatic carbocycles. The number of hydrogen-bond donors (Lipinski definition) is 1. The zero-order chi connectivity index (χ0) is 12.4. The molecule has 1 aliphatic rings. The maximum absolute atomic E-state index is 6.18. The van der Waals surface area contributed by atoms with Crippen LogP contribution in [0.2, 0.25) is 5.02 Å². The molecule has 0 fully saturated rings. The van der Waals surface area contributed by atoms with Crippen molar-refractivity contribution in [2.45, 2.75) is 19.9 Å². The third kappa shape index (κ3) is 3.51. The summed E-state index contributed by atoms with van der Waals surface area (Å²) in [6, 6.07) is 6.36. The van der Waals surface area contributed by atoms with Gasteiger partial charge in [-0.15, -0.1) is 0 Å². The predicted octanol–water partition coefficient (Wildman–Crippen LogP) is 4.48. The Balaban J connectivity index is 2.13. The van der Waals surface area contributed by atoms with Crippen LogP contribution >= 0.6 is 46.0 Å². The number of anilines is 1. The second-order valence-electron chi connectivity index (χ2n) is 4.21. The lowest BCUT2D eigenvalue weighted by Gasteiger charge is -2.23. The van der Waals surface area contributed by atoms with Crippen molar-refractivity contribution in [3.8, 4) is 0 Å². The first kappa shape index (κ1) is 13.5. The molecule has 92 valence electrons. The van der Waals surface area contributed by atoms with E-state index in [1.165, 1.54) is 0 Å². The van der Waals surface area contributed by atoms with Gasteiger partial charge in [0, 0.05) is 9.32 Å². The van der Waals surface area contributed by atoms with Crippen LogP contribution in [0.3, 0.4) is 0 Å². The molecular weight excluding hydrogens is 367 g/mol. The van der Waals surface area contributed by atoms with E-state index in [2.05, 4.69) is 46.7 Å². The van der Waals surface area contributed by atoms with Crippen molar-refractivity contribution in [2.24, 2.45) is 10.9 Å². The highest BCUT2D eigenvalue weighted by Gasteiger charge is 2.19. The van der Waals surface area contributed by atoms with Gasteiger partial charge in [-0.05, 0) is 53.6 Å². The van der Waals surface area contributed by atoms with E-state index in [4.69, 9.17) is 11.6 Å². The number of benzene rings is 1. The Hall–Kier alpha value is 0.0600. The molecule has 1 N–H and O–H groups in total. The molecule has 17 heavy (non-hydrogen) atoms. The van der Waals surface area contributed by atoms with Crippen LogP contribution in [0.1, 0.15) is 13.8 Å². The van der Waals surface area contributed by atoms with E-state index in [0.717, 1.165) is 25.2 Å². The lowest BCUT2D eigenvalue weighted by Crippen LogP contribution is -2.25. The van der Waals surface area contributed by atoms with Gasteiger partial charge in [-0.1, -0.05) is 30.3 Å². The average molecular weight is 381 g/mol. The van der Waals surface area contributed by atoms with Gasteiger partial charge in [0.25, 0.3) is 0 Å². The van der Waals surface area contributed by atoms with Gasteiger partial charge in [-0.25, -0.2) is 0 Å². The second-order valence-corrected chi connectivity index (χ2v) is 6.87. The van der Waals surface area contributed by atoms with Crippen molar-refractivity contribution >= 4 is 56.8 Å². The Morgan fingerprint density at radius 1 is 1.47 bits per heavy atom. The van der Waals surface area contributed by atoms with Gasteiger partial charge in [0.05, 0.1) is 16.8 Å². The first-order valence-electron chi connectivity index (χ1n) is 5.49. The predicted molar refractivity (Wildman–Crippen MR) is 86.3 cm³/mol. The van der Waals surface area contributed by atoms with Crippen molar-refractivity contribution in [3.05, 3.63) is 26.8 Å². The van der Waals surface area contributed by atoms with Gasteiger partial charge >= 0.3 is 0 Å². The summed E-state index contributed by atoms with van der Waals surface area (Å²) in [5.41, 5.74) is 0.931. The molecule has 5 heteroatoms. The number of halogens is 2. The van der Waals surface area contributed by atoms with Crippen LogP contribution in [0.5, 0.6) is 0 Å². The molecule has 0 aromatic heterocycles. The Bertz CT molecular complexity index is 450. The van der Waals surface area contributed by atoms with Crippen LogP contribution in [0.4, 0.5) is 5.69 Å². The Morgan fingerprint density at radius 3 is 2.88 bits per heavy atom. The zero-order valence-electron chi connectivity index (χ0n) is 9.71. The summed E-state index contributed by atoms with van der Waals surface area (Å²) in [7, 11) is 0. The molecule has 2 unspecified atom stereocenters. The highest BCUT2D eigenvalue weighted by molar-refractivity contribution is 14.1. The van der Waals surface area contributed by atoms with Crippen molar-refractivity contribution < 1.29 is 0 Å². The number of rotatable bonds is 1. The fraction of sp³-hybridized carbons (Fsp3) is 0.417. The molecule has 0 saturated carbocycles. The normalized spacial score (nSPS) is 24.4. The van der Waals surface area contributed by atoms with Gasteiger partial charge in [0.2, 0.25) is 0 Å². The molecule has 1 aliphatic heterocycles. The molecule has 0 bridgehead atoms. The molecule has 0 saturated heterocycles. The summed E-state index contributed by atoms with van der Waals surface area (Å²) >= 11 is 10.2. The Morgan fingerprint density at radius 2 is 2.24 bits per heavy atom. The van der Waals surface area contributed by atoms with Crippen LogP contribution in [0.15, 0.2) is 23.2 Å². The first-order valence-corrected chi connectivity index (χ1v) is 7.93. The minimum atomic E-state index is 0.376. The second kappa shape index (κ2) is 5.80. The number of nitrogens with zero attached hydrogens (tertiary/aromatic N) is 1. The summed E-state index contributed by atoms with van der Waals surface area (Å²) < 4.78 is 1.14. The molecule has 2 atom stereocenters. The molecule has 2 rings (SSSR count). The average Bonchev–Trinajstić information content (AvgIpc) is 2.27. The van der Waals surface area contributed by atoms with Gasteiger partial charge in [0.15, 0.2) is 5.17 Å². The monoisotopic (exact) mass is 380 g/mol. The smallest absolute Gasteiger partial charge is 0.161 e. The van der Waals surface area contributed by atoms with E-state index in [-0.39, 0.29) is 0 Å². The van der Waals surface area contributed by atoms with Crippen LogP contribution in [-0.2, 0) is 0 Å². The van der Waals surface area contributed by atoms with Crippen LogP contribution in [-0.4, -0.2) is 17.0 Å². The van der Waals surface area contributed by atoms with Crippen molar-refractivity contribution in [3.63, 3.8) is 0 Å². The topological polar surface area (TPSA) is 24.4 Å². The summed E-state index contributed by atoms with van der Waals surface area (Å²) in [4.78, 5) is 4.63. The first-order chi connectivity index (χ1) is 8.06. The summed E-state index contributed by atoms with van der Waals surface area (Å²) in [6.45, 7) is 4.39. The van der Waals surface area contributed by atoms with Gasteiger partial charge in [0.1, 0.15) is 0 Å². The van der Waals surface area contributed by atoms with E-state index < -0.39 is 0 Å². The van der Waals surface area contributed by atoms with E-state index >= 15 is 0 Å². The standard InChI is InChI=1S/C12H14ClIN2S/c1-7-6-17-12(15-8(7)2)16-11-4-3-9(14)5-10(11)13/h3-5,7-8H,6H2,1-2H3,(H,15,16). The van der Waals surface area contributed by atoms with Gasteiger partial charge in [-0.2, -0.15) is 0 Å². The lowest BCUT2D eigenvalue weighted by molar-refractivity contribution is 0.537.